The first kappa shape index (κ1) is 16.6. The number of amidine groups is 2. The molecule has 1 saturated carbocycles. The van der Waals surface area contributed by atoms with Gasteiger partial charge in [-0.05, 0) is 37.3 Å². The number of allylic oxidation sites excluding steroid dienone is 1. The van der Waals surface area contributed by atoms with E-state index in [1.807, 2.05) is 32.4 Å². The van der Waals surface area contributed by atoms with Crippen molar-refractivity contribution in [3.8, 4) is 0 Å². The van der Waals surface area contributed by atoms with E-state index in [2.05, 4.69) is 43.6 Å². The van der Waals surface area contributed by atoms with Crippen molar-refractivity contribution < 1.29 is 0 Å². The molecule has 1 fully saturated rings. The number of aromatic nitrogens is 1. The van der Waals surface area contributed by atoms with Gasteiger partial charge in [0.1, 0.15) is 17.8 Å². The molecule has 134 valence electrons. The Morgan fingerprint density at radius 1 is 1.19 bits per heavy atom. The Hall–Kier alpha value is -2.89. The van der Waals surface area contributed by atoms with Crippen LogP contribution in [0.15, 0.2) is 58.0 Å². The molecular weight excluding hydrogens is 324 g/mol. The van der Waals surface area contributed by atoms with E-state index < -0.39 is 0 Å². The number of fused-ring (bicyclic) bond motifs is 1. The Morgan fingerprint density at radius 3 is 2.62 bits per heavy atom. The Morgan fingerprint density at radius 2 is 1.96 bits per heavy atom. The number of anilines is 1. The smallest absolute Gasteiger partial charge is 0.132 e. The van der Waals surface area contributed by atoms with Crippen LogP contribution >= 0.6 is 0 Å². The Bertz CT molecular complexity index is 886. The van der Waals surface area contributed by atoms with Crippen LogP contribution in [0.4, 0.5) is 5.69 Å². The topological polar surface area (TPSA) is 73.7 Å². The van der Waals surface area contributed by atoms with Gasteiger partial charge in [-0.25, -0.2) is 0 Å². The zero-order valence-electron chi connectivity index (χ0n) is 15.4. The maximum Gasteiger partial charge on any atom is 0.132 e. The van der Waals surface area contributed by atoms with Gasteiger partial charge in [0.05, 0.1) is 11.9 Å². The quantitative estimate of drug-likeness (QED) is 0.785. The highest BCUT2D eigenvalue weighted by Crippen LogP contribution is 2.43. The first-order valence-electron chi connectivity index (χ1n) is 8.93. The summed E-state index contributed by atoms with van der Waals surface area (Å²) in [5.74, 6) is 2.36. The van der Waals surface area contributed by atoms with E-state index in [1.165, 1.54) is 18.4 Å². The predicted octanol–water partition coefficient (Wildman–Crippen LogP) is 2.69. The molecule has 2 aliphatic heterocycles. The molecule has 3 aliphatic rings. The van der Waals surface area contributed by atoms with Crippen LogP contribution in [0.3, 0.4) is 0 Å². The fourth-order valence-electron chi connectivity index (χ4n) is 3.64. The van der Waals surface area contributed by atoms with Crippen molar-refractivity contribution in [1.29, 1.82) is 0 Å². The molecule has 3 heterocycles. The lowest BCUT2D eigenvalue weighted by molar-refractivity contribution is 0.769. The monoisotopic (exact) mass is 348 g/mol. The highest BCUT2D eigenvalue weighted by atomic mass is 15.2. The number of nitrogens with zero attached hydrogens (tertiary/aromatic N) is 3. The molecule has 1 aromatic rings. The molecule has 0 spiro atoms. The molecule has 0 bridgehead atoms. The van der Waals surface area contributed by atoms with Crippen LogP contribution in [0.5, 0.6) is 0 Å². The summed E-state index contributed by atoms with van der Waals surface area (Å²) in [6, 6.07) is 0. The van der Waals surface area contributed by atoms with Gasteiger partial charge in [0.25, 0.3) is 0 Å². The summed E-state index contributed by atoms with van der Waals surface area (Å²) in [7, 11) is 3.61. The molecule has 0 saturated heterocycles. The fourth-order valence-corrected chi connectivity index (χ4v) is 3.64. The van der Waals surface area contributed by atoms with Crippen LogP contribution in [-0.2, 0) is 0 Å². The van der Waals surface area contributed by atoms with E-state index in [1.54, 1.807) is 7.05 Å². The second-order valence-corrected chi connectivity index (χ2v) is 6.82. The van der Waals surface area contributed by atoms with Crippen LogP contribution in [0.2, 0.25) is 0 Å². The fraction of sp³-hybridized carbons (Fsp3) is 0.350. The first-order valence-corrected chi connectivity index (χ1v) is 8.93. The van der Waals surface area contributed by atoms with E-state index in [-0.39, 0.29) is 6.17 Å². The van der Waals surface area contributed by atoms with Gasteiger partial charge in [-0.1, -0.05) is 12.7 Å². The number of pyridine rings is 1. The minimum Gasteiger partial charge on any atom is -0.360 e. The zero-order chi connectivity index (χ0) is 18.3. The third-order valence-corrected chi connectivity index (χ3v) is 5.03. The summed E-state index contributed by atoms with van der Waals surface area (Å²) in [5.41, 5.74) is 6.58. The average molecular weight is 348 g/mol. The number of hydrogen-bond donors (Lipinski definition) is 3. The second kappa shape index (κ2) is 6.44. The van der Waals surface area contributed by atoms with Gasteiger partial charge in [-0.15, -0.1) is 0 Å². The maximum atomic E-state index is 4.53. The summed E-state index contributed by atoms with van der Waals surface area (Å²) in [6.45, 7) is 6.06. The van der Waals surface area contributed by atoms with E-state index in [0.717, 1.165) is 39.8 Å². The number of rotatable bonds is 3. The van der Waals surface area contributed by atoms with Gasteiger partial charge < -0.3 is 16.0 Å². The molecule has 1 aromatic heterocycles. The minimum absolute atomic E-state index is 0.148. The van der Waals surface area contributed by atoms with Gasteiger partial charge in [-0.3, -0.25) is 15.0 Å². The van der Waals surface area contributed by atoms with Crippen molar-refractivity contribution in [2.24, 2.45) is 9.98 Å². The lowest BCUT2D eigenvalue weighted by Gasteiger charge is -2.32. The van der Waals surface area contributed by atoms with Crippen molar-refractivity contribution in [2.75, 3.05) is 19.4 Å². The van der Waals surface area contributed by atoms with E-state index >= 15 is 0 Å². The summed E-state index contributed by atoms with van der Waals surface area (Å²) in [4.78, 5) is 13.3. The molecule has 4 rings (SSSR count). The van der Waals surface area contributed by atoms with Crippen molar-refractivity contribution >= 4 is 17.4 Å². The van der Waals surface area contributed by atoms with Crippen molar-refractivity contribution in [3.05, 3.63) is 59.1 Å². The molecule has 1 unspecified atom stereocenters. The van der Waals surface area contributed by atoms with Crippen molar-refractivity contribution in [1.82, 2.24) is 15.6 Å². The maximum absolute atomic E-state index is 4.53. The summed E-state index contributed by atoms with van der Waals surface area (Å²) in [6.07, 6.45) is 10.1. The van der Waals surface area contributed by atoms with E-state index in [9.17, 15) is 0 Å². The standard InChI is InChI=1S/C20H24N6/c1-5-13(14-8-11(2)24-18(14)21-3)19-25-16-10-23-9-15(12-6-7-12)17(16)20(22-4)26-19/h5,8-10,12,19,25H,1,6-7H2,2-4H3,(H,21,24)(H,22,26)/b14-13+. The normalized spacial score (nSPS) is 26.6. The molecular formula is C20H24N6. The molecule has 6 heteroatoms. The highest BCUT2D eigenvalue weighted by Gasteiger charge is 2.33. The molecule has 3 N–H and O–H groups in total. The first-order chi connectivity index (χ1) is 12.7. The second-order valence-electron chi connectivity index (χ2n) is 6.82. The van der Waals surface area contributed by atoms with Crippen molar-refractivity contribution in [2.45, 2.75) is 31.8 Å². The summed E-state index contributed by atoms with van der Waals surface area (Å²) in [5, 5.41) is 10.4. The Labute approximate surface area is 153 Å². The largest absolute Gasteiger partial charge is 0.360 e. The van der Waals surface area contributed by atoms with Crippen LogP contribution < -0.4 is 16.0 Å². The molecule has 0 amide bonds. The lowest BCUT2D eigenvalue weighted by atomic mass is 9.98. The molecule has 0 radical (unpaired) electrons. The Kier molecular flexibility index (Phi) is 4.11. The third-order valence-electron chi connectivity index (χ3n) is 5.03. The molecule has 1 aliphatic carbocycles. The summed E-state index contributed by atoms with van der Waals surface area (Å²) >= 11 is 0. The van der Waals surface area contributed by atoms with Gasteiger partial charge in [0.15, 0.2) is 0 Å². The summed E-state index contributed by atoms with van der Waals surface area (Å²) < 4.78 is 0. The van der Waals surface area contributed by atoms with Crippen LogP contribution in [0.1, 0.15) is 36.8 Å². The Balaban J connectivity index is 1.78. The van der Waals surface area contributed by atoms with E-state index in [0.29, 0.717) is 5.92 Å². The zero-order valence-corrected chi connectivity index (χ0v) is 15.4. The van der Waals surface area contributed by atoms with Crippen molar-refractivity contribution in [3.63, 3.8) is 0 Å². The lowest BCUT2D eigenvalue weighted by Crippen LogP contribution is -2.47. The van der Waals surface area contributed by atoms with Gasteiger partial charge in [0, 0.05) is 42.7 Å². The van der Waals surface area contributed by atoms with Gasteiger partial charge >= 0.3 is 0 Å². The minimum atomic E-state index is -0.148. The SMILES string of the molecule is C=C/C(=C1/C=C(C)NC1=NC)C1NC(=NC)c2c(cncc2C2CC2)N1. The number of aliphatic imine (C=N–C) groups is 2. The molecule has 26 heavy (non-hydrogen) atoms. The van der Waals surface area contributed by atoms with Crippen LogP contribution in [0, 0.1) is 0 Å². The molecule has 6 nitrogen and oxygen atoms in total. The molecule has 1 atom stereocenters. The van der Waals surface area contributed by atoms with Gasteiger partial charge in [0.2, 0.25) is 0 Å². The van der Waals surface area contributed by atoms with E-state index in [4.69, 9.17) is 0 Å². The number of hydrogen-bond acceptors (Lipinski definition) is 4. The van der Waals surface area contributed by atoms with Crippen LogP contribution in [-0.4, -0.2) is 36.9 Å². The predicted molar refractivity (Wildman–Crippen MR) is 107 cm³/mol. The number of nitrogens with one attached hydrogen (secondary N) is 3. The van der Waals surface area contributed by atoms with Gasteiger partial charge in [-0.2, -0.15) is 0 Å². The van der Waals surface area contributed by atoms with Crippen LogP contribution in [0.25, 0.3) is 0 Å². The molecule has 0 aromatic carbocycles. The average Bonchev–Trinajstić information content (AvgIpc) is 3.44. The third kappa shape index (κ3) is 2.71. The highest BCUT2D eigenvalue weighted by molar-refractivity contribution is 6.08.